The van der Waals surface area contributed by atoms with Crippen molar-refractivity contribution in [3.8, 4) is 0 Å². The van der Waals surface area contributed by atoms with Crippen LogP contribution in [0.2, 0.25) is 0 Å². The summed E-state index contributed by atoms with van der Waals surface area (Å²) in [5, 5.41) is 1.65. The minimum absolute atomic E-state index is 0.115. The second-order valence-electron chi connectivity index (χ2n) is 7.61. The van der Waals surface area contributed by atoms with Crippen LogP contribution in [0, 0.1) is 0 Å². The lowest BCUT2D eigenvalue weighted by Gasteiger charge is -2.43. The number of piperidine rings is 1. The molecule has 6 nitrogen and oxygen atoms in total. The minimum Gasteiger partial charge on any atom is -0.459 e. The van der Waals surface area contributed by atoms with Crippen LogP contribution in [0.1, 0.15) is 23.4 Å². The van der Waals surface area contributed by atoms with Crippen LogP contribution in [-0.2, 0) is 10.0 Å². The highest BCUT2D eigenvalue weighted by Gasteiger charge is 2.48. The van der Waals surface area contributed by atoms with Crippen LogP contribution in [0.4, 0.5) is 0 Å². The van der Waals surface area contributed by atoms with Gasteiger partial charge in [0, 0.05) is 30.8 Å². The van der Waals surface area contributed by atoms with E-state index in [-0.39, 0.29) is 10.8 Å². The van der Waals surface area contributed by atoms with Crippen molar-refractivity contribution in [3.63, 3.8) is 0 Å². The Hall–Kier alpha value is -2.29. The van der Waals surface area contributed by atoms with Crippen molar-refractivity contribution >= 4 is 38.5 Å². The summed E-state index contributed by atoms with van der Waals surface area (Å²) >= 11 is 1.75. The Morgan fingerprint density at radius 3 is 2.50 bits per heavy atom. The molecule has 8 heteroatoms. The first-order chi connectivity index (χ1) is 14.5. The van der Waals surface area contributed by atoms with Crippen molar-refractivity contribution in [2.24, 2.45) is 0 Å². The maximum atomic E-state index is 13.4. The molecule has 1 spiro atoms. The summed E-state index contributed by atoms with van der Waals surface area (Å²) in [6.45, 7) is 1.43. The Kier molecular flexibility index (Phi) is 4.88. The molecule has 156 valence electrons. The number of rotatable bonds is 3. The summed E-state index contributed by atoms with van der Waals surface area (Å²) in [6, 6.07) is 16.3. The topological polar surface area (TPSA) is 70.8 Å². The molecule has 2 aromatic carbocycles. The molecule has 0 N–H and O–H groups in total. The molecule has 30 heavy (non-hydrogen) atoms. The van der Waals surface area contributed by atoms with Crippen molar-refractivity contribution in [1.82, 2.24) is 9.21 Å². The summed E-state index contributed by atoms with van der Waals surface area (Å²) in [4.78, 5) is 14.8. The SMILES string of the molecule is O=C(c1ccco1)N1CCSC12CCN(S(=O)(=O)c1cccc3ccccc13)CC2. The van der Waals surface area contributed by atoms with Crippen LogP contribution in [0.15, 0.2) is 70.2 Å². The van der Waals surface area contributed by atoms with E-state index in [1.54, 1.807) is 40.3 Å². The third-order valence-electron chi connectivity index (χ3n) is 6.03. The lowest BCUT2D eigenvalue weighted by atomic mass is 10.0. The third-order valence-corrected chi connectivity index (χ3v) is 9.54. The molecule has 2 aliphatic heterocycles. The van der Waals surface area contributed by atoms with E-state index in [2.05, 4.69) is 0 Å². The molecule has 3 aromatic rings. The first kappa shape index (κ1) is 19.7. The lowest BCUT2D eigenvalue weighted by molar-refractivity contribution is 0.0573. The molecule has 0 unspecified atom stereocenters. The van der Waals surface area contributed by atoms with E-state index >= 15 is 0 Å². The Balaban J connectivity index is 1.39. The second kappa shape index (κ2) is 7.44. The van der Waals surface area contributed by atoms with Gasteiger partial charge in [0.1, 0.15) is 0 Å². The zero-order valence-corrected chi connectivity index (χ0v) is 18.0. The van der Waals surface area contributed by atoms with Gasteiger partial charge in [-0.3, -0.25) is 4.79 Å². The lowest BCUT2D eigenvalue weighted by Crippen LogP contribution is -2.53. The van der Waals surface area contributed by atoms with E-state index in [0.29, 0.717) is 43.1 Å². The Bertz CT molecular complexity index is 1180. The smallest absolute Gasteiger partial charge is 0.290 e. The molecule has 0 saturated carbocycles. The van der Waals surface area contributed by atoms with Crippen LogP contribution < -0.4 is 0 Å². The number of carbonyl (C=O) groups excluding carboxylic acids is 1. The monoisotopic (exact) mass is 442 g/mol. The van der Waals surface area contributed by atoms with Crippen LogP contribution in [-0.4, -0.2) is 53.8 Å². The molecular formula is C22H22N2O4S2. The molecule has 2 fully saturated rings. The summed E-state index contributed by atoms with van der Waals surface area (Å²) in [7, 11) is -3.61. The molecular weight excluding hydrogens is 420 g/mol. The largest absolute Gasteiger partial charge is 0.459 e. The Morgan fingerprint density at radius 1 is 0.967 bits per heavy atom. The molecule has 0 radical (unpaired) electrons. The highest BCUT2D eigenvalue weighted by atomic mass is 32.2. The van der Waals surface area contributed by atoms with Crippen molar-refractivity contribution in [1.29, 1.82) is 0 Å². The summed E-state index contributed by atoms with van der Waals surface area (Å²) < 4.78 is 33.7. The van der Waals surface area contributed by atoms with E-state index in [9.17, 15) is 13.2 Å². The van der Waals surface area contributed by atoms with E-state index in [1.165, 1.54) is 6.26 Å². The maximum Gasteiger partial charge on any atom is 0.290 e. The number of sulfonamides is 1. The highest BCUT2D eigenvalue weighted by Crippen LogP contribution is 2.45. The average Bonchev–Trinajstić information content (AvgIpc) is 3.44. The van der Waals surface area contributed by atoms with Gasteiger partial charge in [0.2, 0.25) is 10.0 Å². The fraction of sp³-hybridized carbons (Fsp3) is 0.318. The normalized spacial score (nSPS) is 19.5. The van der Waals surface area contributed by atoms with Gasteiger partial charge in [-0.15, -0.1) is 11.8 Å². The van der Waals surface area contributed by atoms with Gasteiger partial charge in [-0.1, -0.05) is 36.4 Å². The zero-order valence-electron chi connectivity index (χ0n) is 16.4. The predicted molar refractivity (Wildman–Crippen MR) is 117 cm³/mol. The predicted octanol–water partition coefficient (Wildman–Crippen LogP) is 3.80. The van der Waals surface area contributed by atoms with E-state index in [0.717, 1.165) is 16.5 Å². The van der Waals surface area contributed by atoms with Gasteiger partial charge < -0.3 is 9.32 Å². The number of hydrogen-bond donors (Lipinski definition) is 0. The van der Waals surface area contributed by atoms with Gasteiger partial charge in [0.25, 0.3) is 5.91 Å². The molecule has 1 amide bonds. The molecule has 0 aliphatic carbocycles. The number of thioether (sulfide) groups is 1. The molecule has 1 aromatic heterocycles. The van der Waals surface area contributed by atoms with Crippen LogP contribution in [0.25, 0.3) is 10.8 Å². The zero-order chi connectivity index (χ0) is 20.8. The van der Waals surface area contributed by atoms with Crippen molar-refractivity contribution in [2.45, 2.75) is 22.6 Å². The quantitative estimate of drug-likeness (QED) is 0.617. The number of carbonyl (C=O) groups is 1. The van der Waals surface area contributed by atoms with Gasteiger partial charge in [0.15, 0.2) is 5.76 Å². The van der Waals surface area contributed by atoms with Gasteiger partial charge in [-0.25, -0.2) is 8.42 Å². The minimum atomic E-state index is -3.61. The van der Waals surface area contributed by atoms with Gasteiger partial charge in [0.05, 0.1) is 16.0 Å². The number of hydrogen-bond acceptors (Lipinski definition) is 5. The van der Waals surface area contributed by atoms with E-state index < -0.39 is 10.0 Å². The fourth-order valence-corrected chi connectivity index (χ4v) is 7.59. The Morgan fingerprint density at radius 2 is 1.73 bits per heavy atom. The average molecular weight is 443 g/mol. The molecule has 0 bridgehead atoms. The number of nitrogens with zero attached hydrogens (tertiary/aromatic N) is 2. The standard InChI is InChI=1S/C22H22N2O4S2/c25-21(19-8-4-15-28-19)24-14-16-29-22(24)10-12-23(13-11-22)30(26,27)20-9-3-6-17-5-1-2-7-18(17)20/h1-9,15H,10-14,16H2. The first-order valence-corrected chi connectivity index (χ1v) is 12.4. The summed E-state index contributed by atoms with van der Waals surface area (Å²) in [5.41, 5.74) is 0. The highest BCUT2D eigenvalue weighted by molar-refractivity contribution is 8.00. The Labute approximate surface area is 179 Å². The van der Waals surface area contributed by atoms with Crippen molar-refractivity contribution in [2.75, 3.05) is 25.4 Å². The molecule has 0 atom stereocenters. The number of benzene rings is 2. The molecule has 5 rings (SSSR count). The number of fused-ring (bicyclic) bond motifs is 1. The van der Waals surface area contributed by atoms with Gasteiger partial charge in [-0.05, 0) is 36.4 Å². The molecule has 2 saturated heterocycles. The van der Waals surface area contributed by atoms with Gasteiger partial charge >= 0.3 is 0 Å². The van der Waals surface area contributed by atoms with Crippen LogP contribution >= 0.6 is 11.8 Å². The van der Waals surface area contributed by atoms with Crippen LogP contribution in [0.5, 0.6) is 0 Å². The molecule has 2 aliphatic rings. The third kappa shape index (κ3) is 3.14. The summed E-state index contributed by atoms with van der Waals surface area (Å²) in [5.74, 6) is 1.07. The van der Waals surface area contributed by atoms with E-state index in [4.69, 9.17) is 4.42 Å². The summed E-state index contributed by atoms with van der Waals surface area (Å²) in [6.07, 6.45) is 2.71. The second-order valence-corrected chi connectivity index (χ2v) is 11.0. The van der Waals surface area contributed by atoms with E-state index in [1.807, 2.05) is 35.2 Å². The molecule has 3 heterocycles. The number of amides is 1. The number of furan rings is 1. The van der Waals surface area contributed by atoms with Crippen molar-refractivity contribution in [3.05, 3.63) is 66.6 Å². The van der Waals surface area contributed by atoms with Gasteiger partial charge in [-0.2, -0.15) is 4.31 Å². The fourth-order valence-electron chi connectivity index (χ4n) is 4.48. The first-order valence-electron chi connectivity index (χ1n) is 9.99. The maximum absolute atomic E-state index is 13.4. The van der Waals surface area contributed by atoms with Crippen LogP contribution in [0.3, 0.4) is 0 Å². The van der Waals surface area contributed by atoms with Crippen molar-refractivity contribution < 1.29 is 17.6 Å².